The molecule has 7 nitrogen and oxygen atoms in total. The molecule has 0 aromatic heterocycles. The minimum absolute atomic E-state index is 0. The average Bonchev–Trinajstić information content (AvgIpc) is 2.36. The number of ether oxygens (including phenoxy) is 2. The minimum atomic E-state index is -1.35. The Kier molecular flexibility index (Phi) is 7.90. The van der Waals surface area contributed by atoms with Gasteiger partial charge in [-0.3, -0.25) is 10.1 Å². The topological polar surface area (TPSA) is 102 Å². The van der Waals surface area contributed by atoms with E-state index < -0.39 is 17.5 Å². The van der Waals surface area contributed by atoms with Crippen molar-refractivity contribution in [2.45, 2.75) is 6.92 Å². The summed E-state index contributed by atoms with van der Waals surface area (Å²) in [6.07, 6.45) is 1.37. The molecule has 0 amide bonds. The van der Waals surface area contributed by atoms with E-state index in [1.807, 2.05) is 0 Å². The summed E-state index contributed by atoms with van der Waals surface area (Å²) >= 11 is 0. The van der Waals surface area contributed by atoms with Crippen LogP contribution in [0.25, 0.3) is 6.08 Å². The van der Waals surface area contributed by atoms with Gasteiger partial charge in [0.2, 0.25) is 5.70 Å². The average molecular weight is 289 g/mol. The molecule has 0 fully saturated rings. The predicted octanol–water partition coefficient (Wildman–Crippen LogP) is -2.53. The number of nitro groups is 1. The van der Waals surface area contributed by atoms with Crippen LogP contribution in [0, 0.1) is 10.1 Å². The molecule has 0 heterocycles. The van der Waals surface area contributed by atoms with E-state index in [2.05, 4.69) is 0 Å². The van der Waals surface area contributed by atoms with Crippen LogP contribution < -0.4 is 44.1 Å². The number of aliphatic carboxylic acids is 1. The van der Waals surface area contributed by atoms with Crippen LogP contribution in [0.1, 0.15) is 12.5 Å². The van der Waals surface area contributed by atoms with Crippen LogP contribution >= 0.6 is 0 Å². The molecule has 0 unspecified atom stereocenters. The number of carboxylic acids is 1. The van der Waals surface area contributed by atoms with E-state index in [0.717, 1.165) is 0 Å². The van der Waals surface area contributed by atoms with E-state index in [4.69, 9.17) is 9.47 Å². The van der Waals surface area contributed by atoms with E-state index in [9.17, 15) is 20.0 Å². The number of rotatable bonds is 6. The Morgan fingerprint density at radius 1 is 1.40 bits per heavy atom. The molecule has 0 radical (unpaired) electrons. The maximum absolute atomic E-state index is 10.5. The minimum Gasteiger partial charge on any atom is -0.546 e. The van der Waals surface area contributed by atoms with Gasteiger partial charge in [-0.05, 0) is 17.7 Å². The Labute approximate surface area is 137 Å². The summed E-state index contributed by atoms with van der Waals surface area (Å²) in [5.74, 6) is -0.844. The molecule has 8 heteroatoms. The second kappa shape index (κ2) is 8.57. The SMILES string of the molecule is COc1cc(/C=C(\C)[N+](=O)[O-])ccc1OCC(=O)[O-].[Na+]. The van der Waals surface area contributed by atoms with Gasteiger partial charge in [0.25, 0.3) is 0 Å². The van der Waals surface area contributed by atoms with Crippen molar-refractivity contribution in [1.29, 1.82) is 0 Å². The first-order valence-electron chi connectivity index (χ1n) is 5.27. The van der Waals surface area contributed by atoms with Gasteiger partial charge in [0.15, 0.2) is 11.5 Å². The van der Waals surface area contributed by atoms with Crippen LogP contribution in [0.15, 0.2) is 23.9 Å². The van der Waals surface area contributed by atoms with Gasteiger partial charge in [0, 0.05) is 13.0 Å². The molecule has 0 spiro atoms. The monoisotopic (exact) mass is 289 g/mol. The molecule has 1 rings (SSSR count). The number of benzene rings is 1. The normalized spacial score (nSPS) is 10.4. The fourth-order valence-corrected chi connectivity index (χ4v) is 1.32. The smallest absolute Gasteiger partial charge is 0.546 e. The van der Waals surface area contributed by atoms with Crippen LogP contribution in [0.2, 0.25) is 0 Å². The largest absolute Gasteiger partial charge is 1.00 e. The van der Waals surface area contributed by atoms with Crippen molar-refractivity contribution in [1.82, 2.24) is 0 Å². The standard InChI is InChI=1S/C12H13NO6.Na/c1-8(13(16)17)5-9-3-4-10(11(6-9)18-2)19-7-12(14)15;/h3-6H,7H2,1-2H3,(H,14,15);/q;+1/p-1/b8-5+;. The van der Waals surface area contributed by atoms with E-state index >= 15 is 0 Å². The zero-order valence-corrected chi connectivity index (χ0v) is 13.4. The van der Waals surface area contributed by atoms with Gasteiger partial charge in [-0.1, -0.05) is 6.07 Å². The fraction of sp³-hybridized carbons (Fsp3) is 0.250. The van der Waals surface area contributed by atoms with E-state index in [-0.39, 0.29) is 46.8 Å². The van der Waals surface area contributed by atoms with Crippen LogP contribution in [-0.4, -0.2) is 24.6 Å². The summed E-state index contributed by atoms with van der Waals surface area (Å²) in [6.45, 7) is 0.770. The molecule has 102 valence electrons. The molecule has 0 bridgehead atoms. The summed E-state index contributed by atoms with van der Waals surface area (Å²) in [5, 5.41) is 20.8. The first kappa shape index (κ1) is 18.4. The molecule has 0 saturated heterocycles. The summed E-state index contributed by atoms with van der Waals surface area (Å²) in [6, 6.07) is 4.54. The van der Waals surface area contributed by atoms with Gasteiger partial charge in [-0.25, -0.2) is 0 Å². The Bertz CT molecular complexity index is 529. The maximum Gasteiger partial charge on any atom is 1.00 e. The van der Waals surface area contributed by atoms with Crippen LogP contribution in [0.5, 0.6) is 11.5 Å². The van der Waals surface area contributed by atoms with Crippen molar-refractivity contribution in [2.24, 2.45) is 0 Å². The number of carboxylic acid groups (broad SMARTS) is 1. The van der Waals surface area contributed by atoms with Crippen LogP contribution in [0.3, 0.4) is 0 Å². The molecular formula is C12H12NNaO6. The number of carbonyl (C=O) groups is 1. The molecule has 0 aliphatic carbocycles. The van der Waals surface area contributed by atoms with Crippen molar-refractivity contribution in [3.05, 3.63) is 39.6 Å². The quantitative estimate of drug-likeness (QED) is 0.325. The maximum atomic E-state index is 10.5. The molecule has 0 aliphatic heterocycles. The Balaban J connectivity index is 0.00000361. The van der Waals surface area contributed by atoms with E-state index in [1.54, 1.807) is 6.07 Å². The van der Waals surface area contributed by atoms with Crippen molar-refractivity contribution in [3.8, 4) is 11.5 Å². The molecule has 0 aliphatic rings. The number of hydrogen-bond donors (Lipinski definition) is 0. The zero-order chi connectivity index (χ0) is 14.4. The first-order chi connectivity index (χ1) is 8.93. The van der Waals surface area contributed by atoms with Crippen molar-refractivity contribution in [2.75, 3.05) is 13.7 Å². The summed E-state index contributed by atoms with van der Waals surface area (Å²) < 4.78 is 9.98. The van der Waals surface area contributed by atoms with Gasteiger partial charge >= 0.3 is 29.6 Å². The van der Waals surface area contributed by atoms with Crippen LogP contribution in [-0.2, 0) is 4.79 Å². The molecule has 20 heavy (non-hydrogen) atoms. The molecule has 0 N–H and O–H groups in total. The van der Waals surface area contributed by atoms with E-state index in [0.29, 0.717) is 5.56 Å². The Hall–Kier alpha value is -1.57. The van der Waals surface area contributed by atoms with Crippen molar-refractivity contribution < 1.29 is 53.9 Å². The van der Waals surface area contributed by atoms with E-state index in [1.165, 1.54) is 32.2 Å². The summed E-state index contributed by atoms with van der Waals surface area (Å²) in [7, 11) is 1.38. The third-order valence-corrected chi connectivity index (χ3v) is 2.20. The van der Waals surface area contributed by atoms with Gasteiger partial charge in [0.1, 0.15) is 6.61 Å². The predicted molar refractivity (Wildman–Crippen MR) is 64.1 cm³/mol. The number of methoxy groups -OCH3 is 1. The van der Waals surface area contributed by atoms with Crippen LogP contribution in [0.4, 0.5) is 0 Å². The third-order valence-electron chi connectivity index (χ3n) is 2.20. The van der Waals surface area contributed by atoms with Gasteiger partial charge in [-0.15, -0.1) is 0 Å². The third kappa shape index (κ3) is 5.60. The number of nitrogens with zero attached hydrogens (tertiary/aromatic N) is 1. The number of hydrogen-bond acceptors (Lipinski definition) is 6. The number of carbonyl (C=O) groups excluding carboxylic acids is 1. The Morgan fingerprint density at radius 3 is 2.55 bits per heavy atom. The van der Waals surface area contributed by atoms with Gasteiger partial charge in [0.05, 0.1) is 18.0 Å². The second-order valence-electron chi connectivity index (χ2n) is 3.61. The molecule has 0 atom stereocenters. The zero-order valence-electron chi connectivity index (χ0n) is 11.4. The summed E-state index contributed by atoms with van der Waals surface area (Å²) in [5.41, 5.74) is 0.525. The van der Waals surface area contributed by atoms with Gasteiger partial charge < -0.3 is 19.4 Å². The number of allylic oxidation sites excluding steroid dienone is 1. The fourth-order valence-electron chi connectivity index (χ4n) is 1.32. The molecule has 1 aromatic rings. The van der Waals surface area contributed by atoms with Gasteiger partial charge in [-0.2, -0.15) is 0 Å². The molecular weight excluding hydrogens is 277 g/mol. The second-order valence-corrected chi connectivity index (χ2v) is 3.61. The summed E-state index contributed by atoms with van der Waals surface area (Å²) in [4.78, 5) is 20.3. The van der Waals surface area contributed by atoms with Crippen molar-refractivity contribution in [3.63, 3.8) is 0 Å². The molecule has 0 saturated carbocycles. The molecule has 1 aromatic carbocycles. The Morgan fingerprint density at radius 2 is 2.05 bits per heavy atom. The first-order valence-corrected chi connectivity index (χ1v) is 5.27. The van der Waals surface area contributed by atoms with Crippen molar-refractivity contribution >= 4 is 12.0 Å².